The van der Waals surface area contributed by atoms with E-state index in [1.165, 1.54) is 26.7 Å². The lowest BCUT2D eigenvalue weighted by atomic mass is 10.0. The average Bonchev–Trinajstić information content (AvgIpc) is 2.29. The van der Waals surface area contributed by atoms with Gasteiger partial charge in [-0.15, -0.1) is 0 Å². The van der Waals surface area contributed by atoms with E-state index in [-0.39, 0.29) is 0 Å². The van der Waals surface area contributed by atoms with Crippen LogP contribution >= 0.6 is 0 Å². The number of fused-ring (bicyclic) bond motifs is 3. The van der Waals surface area contributed by atoms with E-state index in [9.17, 15) is 0 Å². The first-order valence-electron chi connectivity index (χ1n) is 5.23. The van der Waals surface area contributed by atoms with Gasteiger partial charge in [0.15, 0.2) is 0 Å². The Morgan fingerprint density at radius 3 is 2.33 bits per heavy atom. The maximum absolute atomic E-state index is 2.25. The number of hydrogen-bond acceptors (Lipinski definition) is 0. The third-order valence-corrected chi connectivity index (χ3v) is 3.88. The van der Waals surface area contributed by atoms with E-state index < -0.39 is 0 Å². The van der Waals surface area contributed by atoms with Crippen molar-refractivity contribution in [1.29, 1.82) is 0 Å². The van der Waals surface area contributed by atoms with Crippen LogP contribution in [-0.4, -0.2) is 10.2 Å². The highest BCUT2D eigenvalue weighted by Gasteiger charge is 2.00. The molecule has 0 bridgehead atoms. The van der Waals surface area contributed by atoms with Crippen molar-refractivity contribution >= 4 is 37.0 Å². The normalized spacial score (nSPS) is 11.2. The fourth-order valence-corrected chi connectivity index (χ4v) is 2.83. The molecule has 0 radical (unpaired) electrons. The smallest absolute Gasteiger partial charge is 0.0393 e. The Kier molecular flexibility index (Phi) is 1.86. The highest BCUT2D eigenvalue weighted by Crippen LogP contribution is 2.23. The summed E-state index contributed by atoms with van der Waals surface area (Å²) in [4.78, 5) is 0. The summed E-state index contributed by atoms with van der Waals surface area (Å²) in [5.41, 5.74) is 0. The Hall–Kier alpha value is -1.60. The second kappa shape index (κ2) is 3.21. The fraction of sp³-hybridized carbons (Fsp3) is 0. The van der Waals surface area contributed by atoms with Crippen LogP contribution in [0.3, 0.4) is 0 Å². The van der Waals surface area contributed by atoms with Crippen molar-refractivity contribution in [2.75, 3.05) is 0 Å². The predicted molar refractivity (Wildman–Crippen MR) is 71.0 cm³/mol. The second-order valence-corrected chi connectivity index (χ2v) is 5.03. The first-order chi connectivity index (χ1) is 7.36. The highest BCUT2D eigenvalue weighted by atomic mass is 28.1. The van der Waals surface area contributed by atoms with Crippen LogP contribution in [0.1, 0.15) is 0 Å². The molecule has 15 heavy (non-hydrogen) atoms. The lowest BCUT2D eigenvalue weighted by molar-refractivity contribution is 1.79. The van der Waals surface area contributed by atoms with Crippen LogP contribution in [0.2, 0.25) is 0 Å². The summed E-state index contributed by atoms with van der Waals surface area (Å²) in [6, 6.07) is 19.7. The largest absolute Gasteiger partial charge is 0.0634 e. The van der Waals surface area contributed by atoms with Crippen molar-refractivity contribution in [3.8, 4) is 0 Å². The standard InChI is InChI=1S/C14H12Si/c15-14-7-3-6-12-11-5-2-1-4-10(11)8-9-13(12)14/h1-9H,15H3. The third-order valence-electron chi connectivity index (χ3n) is 3.00. The Balaban J connectivity index is 2.60. The fourth-order valence-electron chi connectivity index (χ4n) is 2.20. The van der Waals surface area contributed by atoms with Gasteiger partial charge in [-0.3, -0.25) is 0 Å². The molecule has 3 rings (SSSR count). The van der Waals surface area contributed by atoms with Crippen LogP contribution in [0.4, 0.5) is 0 Å². The van der Waals surface area contributed by atoms with Gasteiger partial charge in [-0.1, -0.05) is 59.8 Å². The van der Waals surface area contributed by atoms with E-state index in [2.05, 4.69) is 54.6 Å². The maximum Gasteiger partial charge on any atom is 0.0393 e. The van der Waals surface area contributed by atoms with Crippen LogP contribution in [0.5, 0.6) is 0 Å². The molecule has 0 aliphatic rings. The molecule has 0 N–H and O–H groups in total. The molecular formula is C14H12Si. The molecule has 0 saturated carbocycles. The summed E-state index contributed by atoms with van der Waals surface area (Å²) >= 11 is 0. The number of benzene rings is 3. The lowest BCUT2D eigenvalue weighted by Gasteiger charge is -2.05. The molecule has 0 fully saturated rings. The molecule has 72 valence electrons. The number of rotatable bonds is 0. The zero-order valence-electron chi connectivity index (χ0n) is 8.70. The van der Waals surface area contributed by atoms with Crippen molar-refractivity contribution in [3.05, 3.63) is 54.6 Å². The van der Waals surface area contributed by atoms with Crippen LogP contribution in [0.15, 0.2) is 54.6 Å². The molecule has 1 heteroatoms. The van der Waals surface area contributed by atoms with Crippen LogP contribution in [0, 0.1) is 0 Å². The van der Waals surface area contributed by atoms with Gasteiger partial charge in [-0.05, 0) is 21.5 Å². The molecule has 0 unspecified atom stereocenters. The second-order valence-electron chi connectivity index (χ2n) is 3.96. The minimum Gasteiger partial charge on any atom is -0.0634 e. The van der Waals surface area contributed by atoms with Crippen molar-refractivity contribution in [2.45, 2.75) is 0 Å². The minimum atomic E-state index is 1.11. The van der Waals surface area contributed by atoms with Crippen LogP contribution in [-0.2, 0) is 0 Å². The summed E-state index contributed by atoms with van der Waals surface area (Å²) in [6.45, 7) is 0. The Morgan fingerprint density at radius 2 is 1.40 bits per heavy atom. The third kappa shape index (κ3) is 1.28. The molecule has 0 heterocycles. The van der Waals surface area contributed by atoms with Gasteiger partial charge >= 0.3 is 0 Å². The van der Waals surface area contributed by atoms with E-state index >= 15 is 0 Å². The molecule has 0 amide bonds. The molecule has 0 atom stereocenters. The van der Waals surface area contributed by atoms with Gasteiger partial charge in [0, 0.05) is 10.2 Å². The van der Waals surface area contributed by atoms with E-state index in [4.69, 9.17) is 0 Å². The Bertz CT molecular complexity index is 641. The van der Waals surface area contributed by atoms with Crippen molar-refractivity contribution in [3.63, 3.8) is 0 Å². The van der Waals surface area contributed by atoms with Gasteiger partial charge in [0.25, 0.3) is 0 Å². The van der Waals surface area contributed by atoms with Crippen molar-refractivity contribution in [2.24, 2.45) is 0 Å². The average molecular weight is 208 g/mol. The minimum absolute atomic E-state index is 1.11. The SMILES string of the molecule is [SiH3]c1cccc2c1ccc1ccccc12. The summed E-state index contributed by atoms with van der Waals surface area (Å²) in [6.07, 6.45) is 0. The summed E-state index contributed by atoms with van der Waals surface area (Å²) in [5.74, 6) is 0. The number of hydrogen-bond donors (Lipinski definition) is 0. The van der Waals surface area contributed by atoms with E-state index in [1.54, 1.807) is 0 Å². The van der Waals surface area contributed by atoms with Crippen LogP contribution in [0.25, 0.3) is 21.5 Å². The lowest BCUT2D eigenvalue weighted by Crippen LogP contribution is -2.02. The highest BCUT2D eigenvalue weighted by molar-refractivity contribution is 6.39. The topological polar surface area (TPSA) is 0 Å². The molecule has 0 spiro atoms. The molecule has 0 aliphatic heterocycles. The van der Waals surface area contributed by atoms with Gasteiger partial charge in [0.2, 0.25) is 0 Å². The van der Waals surface area contributed by atoms with Gasteiger partial charge in [-0.25, -0.2) is 0 Å². The predicted octanol–water partition coefficient (Wildman–Crippen LogP) is 1.98. The monoisotopic (exact) mass is 208 g/mol. The van der Waals surface area contributed by atoms with E-state index in [0.717, 1.165) is 10.2 Å². The zero-order valence-corrected chi connectivity index (χ0v) is 10.7. The first-order valence-corrected chi connectivity index (χ1v) is 6.23. The molecule has 3 aromatic carbocycles. The molecule has 3 aromatic rings. The summed E-state index contributed by atoms with van der Waals surface area (Å²) in [7, 11) is 1.11. The van der Waals surface area contributed by atoms with Gasteiger partial charge < -0.3 is 0 Å². The van der Waals surface area contributed by atoms with Gasteiger partial charge in [0.1, 0.15) is 0 Å². The molecule has 0 aliphatic carbocycles. The van der Waals surface area contributed by atoms with E-state index in [0.29, 0.717) is 0 Å². The Morgan fingerprint density at radius 1 is 0.600 bits per heavy atom. The first kappa shape index (κ1) is 8.68. The van der Waals surface area contributed by atoms with Gasteiger partial charge in [-0.2, -0.15) is 0 Å². The van der Waals surface area contributed by atoms with Crippen LogP contribution < -0.4 is 5.19 Å². The van der Waals surface area contributed by atoms with Crippen molar-refractivity contribution < 1.29 is 0 Å². The summed E-state index contributed by atoms with van der Waals surface area (Å²) in [5, 5.41) is 6.99. The molecule has 0 nitrogen and oxygen atoms in total. The van der Waals surface area contributed by atoms with Gasteiger partial charge in [0.05, 0.1) is 0 Å². The van der Waals surface area contributed by atoms with E-state index in [1.807, 2.05) is 0 Å². The molecular weight excluding hydrogens is 196 g/mol. The quantitative estimate of drug-likeness (QED) is 0.391. The zero-order chi connectivity index (χ0) is 10.3. The Labute approximate surface area is 92.0 Å². The molecule has 0 saturated heterocycles. The maximum atomic E-state index is 2.25. The van der Waals surface area contributed by atoms with Crippen molar-refractivity contribution in [1.82, 2.24) is 0 Å². The summed E-state index contributed by atoms with van der Waals surface area (Å²) < 4.78 is 0. The molecule has 0 aromatic heterocycles.